The molecule has 0 aromatic heterocycles. The molecule has 0 radical (unpaired) electrons. The number of halogens is 4. The standard InChI is InChI=1S/C15H13Cl3FNO/c16-11-2-1-3-12(17)14(11)10(7-20)15(21)9-5-4-8(19)6-13(9)18/h1-6,10,15,21H,7,20H2. The molecule has 21 heavy (non-hydrogen) atoms. The van der Waals surface area contributed by atoms with Gasteiger partial charge in [0.2, 0.25) is 0 Å². The predicted molar refractivity (Wildman–Crippen MR) is 84.6 cm³/mol. The van der Waals surface area contributed by atoms with Crippen LogP contribution in [0.2, 0.25) is 15.1 Å². The zero-order valence-corrected chi connectivity index (χ0v) is 13.1. The fourth-order valence-electron chi connectivity index (χ4n) is 2.23. The van der Waals surface area contributed by atoms with E-state index in [9.17, 15) is 9.50 Å². The van der Waals surface area contributed by atoms with Crippen molar-refractivity contribution in [1.29, 1.82) is 0 Å². The minimum atomic E-state index is -1.04. The lowest BCUT2D eigenvalue weighted by Gasteiger charge is -2.25. The van der Waals surface area contributed by atoms with Crippen molar-refractivity contribution in [1.82, 2.24) is 0 Å². The lowest BCUT2D eigenvalue weighted by Crippen LogP contribution is -2.21. The van der Waals surface area contributed by atoms with E-state index in [4.69, 9.17) is 40.5 Å². The van der Waals surface area contributed by atoms with Crippen molar-refractivity contribution >= 4 is 34.8 Å². The predicted octanol–water partition coefficient (Wildman–Crippen LogP) is 4.56. The van der Waals surface area contributed by atoms with Gasteiger partial charge in [0.05, 0.1) is 6.10 Å². The summed E-state index contributed by atoms with van der Waals surface area (Å²) in [5.74, 6) is -1.02. The van der Waals surface area contributed by atoms with Gasteiger partial charge in [-0.3, -0.25) is 0 Å². The van der Waals surface area contributed by atoms with Crippen molar-refractivity contribution in [2.24, 2.45) is 5.73 Å². The Morgan fingerprint density at radius 2 is 1.67 bits per heavy atom. The molecule has 6 heteroatoms. The molecule has 0 aliphatic rings. The van der Waals surface area contributed by atoms with Crippen LogP contribution in [-0.4, -0.2) is 11.7 Å². The van der Waals surface area contributed by atoms with Gasteiger partial charge < -0.3 is 10.8 Å². The minimum absolute atomic E-state index is 0.109. The monoisotopic (exact) mass is 347 g/mol. The van der Waals surface area contributed by atoms with Crippen molar-refractivity contribution in [3.05, 3.63) is 68.4 Å². The van der Waals surface area contributed by atoms with Crippen molar-refractivity contribution in [3.8, 4) is 0 Å². The summed E-state index contributed by atoms with van der Waals surface area (Å²) in [6.07, 6.45) is -1.04. The number of aliphatic hydroxyl groups is 1. The van der Waals surface area contributed by atoms with Gasteiger partial charge in [0.25, 0.3) is 0 Å². The van der Waals surface area contributed by atoms with E-state index in [1.54, 1.807) is 18.2 Å². The molecule has 0 saturated carbocycles. The molecular weight excluding hydrogens is 336 g/mol. The number of aliphatic hydroxyl groups excluding tert-OH is 1. The second kappa shape index (κ2) is 6.95. The zero-order chi connectivity index (χ0) is 15.6. The first kappa shape index (κ1) is 16.5. The van der Waals surface area contributed by atoms with Crippen LogP contribution in [0.15, 0.2) is 36.4 Å². The highest BCUT2D eigenvalue weighted by Gasteiger charge is 2.27. The summed E-state index contributed by atoms with van der Waals surface area (Å²) in [6, 6.07) is 8.84. The summed E-state index contributed by atoms with van der Waals surface area (Å²) in [5.41, 5.74) is 6.70. The van der Waals surface area contributed by atoms with Crippen LogP contribution in [0.25, 0.3) is 0 Å². The Kier molecular flexibility index (Phi) is 5.47. The second-order valence-corrected chi connectivity index (χ2v) is 5.81. The zero-order valence-electron chi connectivity index (χ0n) is 10.9. The lowest BCUT2D eigenvalue weighted by atomic mass is 9.89. The first-order valence-electron chi connectivity index (χ1n) is 6.22. The molecule has 2 nitrogen and oxygen atoms in total. The van der Waals surface area contributed by atoms with Crippen molar-refractivity contribution in [3.63, 3.8) is 0 Å². The summed E-state index contributed by atoms with van der Waals surface area (Å²) < 4.78 is 13.1. The molecule has 0 aliphatic carbocycles. The Morgan fingerprint density at radius 3 is 2.19 bits per heavy atom. The number of hydrogen-bond donors (Lipinski definition) is 2. The van der Waals surface area contributed by atoms with E-state index in [1.807, 2.05) is 0 Å². The van der Waals surface area contributed by atoms with E-state index in [1.165, 1.54) is 12.1 Å². The van der Waals surface area contributed by atoms with Gasteiger partial charge in [0, 0.05) is 27.5 Å². The summed E-state index contributed by atoms with van der Waals surface area (Å²) in [4.78, 5) is 0. The molecule has 2 unspecified atom stereocenters. The van der Waals surface area contributed by atoms with E-state index >= 15 is 0 Å². The molecule has 2 rings (SSSR count). The average molecular weight is 349 g/mol. The summed E-state index contributed by atoms with van der Waals surface area (Å²) in [6.45, 7) is 0.109. The molecule has 0 aliphatic heterocycles. The number of benzene rings is 2. The molecule has 0 fully saturated rings. The largest absolute Gasteiger partial charge is 0.388 e. The van der Waals surface area contributed by atoms with Gasteiger partial charge in [0.15, 0.2) is 0 Å². The average Bonchev–Trinajstić information content (AvgIpc) is 2.42. The van der Waals surface area contributed by atoms with Crippen molar-refractivity contribution in [2.45, 2.75) is 12.0 Å². The Labute approximate surface area is 137 Å². The molecule has 2 aromatic carbocycles. The van der Waals surface area contributed by atoms with Gasteiger partial charge in [0.1, 0.15) is 5.82 Å². The normalized spacial score (nSPS) is 14.0. The Hall–Kier alpha value is -0.840. The van der Waals surface area contributed by atoms with Gasteiger partial charge in [-0.05, 0) is 35.4 Å². The molecule has 0 bridgehead atoms. The quantitative estimate of drug-likeness (QED) is 0.850. The Morgan fingerprint density at radius 1 is 1.05 bits per heavy atom. The fraction of sp³-hybridized carbons (Fsp3) is 0.200. The molecule has 0 spiro atoms. The first-order chi connectivity index (χ1) is 9.95. The maximum Gasteiger partial charge on any atom is 0.124 e. The van der Waals surface area contributed by atoms with Crippen LogP contribution in [-0.2, 0) is 0 Å². The van der Waals surface area contributed by atoms with Crippen molar-refractivity contribution < 1.29 is 9.50 Å². The number of hydrogen-bond acceptors (Lipinski definition) is 2. The molecule has 3 N–H and O–H groups in total. The highest BCUT2D eigenvalue weighted by molar-refractivity contribution is 6.36. The second-order valence-electron chi connectivity index (χ2n) is 4.59. The highest BCUT2D eigenvalue weighted by Crippen LogP contribution is 2.40. The summed E-state index contributed by atoms with van der Waals surface area (Å²) in [5, 5.41) is 11.5. The van der Waals surface area contributed by atoms with Crippen LogP contribution >= 0.6 is 34.8 Å². The Bertz CT molecular complexity index is 631. The minimum Gasteiger partial charge on any atom is -0.388 e. The molecule has 0 heterocycles. The fourth-order valence-corrected chi connectivity index (χ4v) is 3.18. The van der Waals surface area contributed by atoms with E-state index in [-0.39, 0.29) is 11.6 Å². The SMILES string of the molecule is NCC(c1c(Cl)cccc1Cl)C(O)c1ccc(F)cc1Cl. The molecule has 0 saturated heterocycles. The molecule has 2 aromatic rings. The maximum atomic E-state index is 13.1. The molecular formula is C15H13Cl3FNO. The third kappa shape index (κ3) is 3.50. The highest BCUT2D eigenvalue weighted by atomic mass is 35.5. The van der Waals surface area contributed by atoms with E-state index in [2.05, 4.69) is 0 Å². The van der Waals surface area contributed by atoms with Crippen molar-refractivity contribution in [2.75, 3.05) is 6.54 Å². The Balaban J connectivity index is 2.46. The molecule has 0 amide bonds. The smallest absolute Gasteiger partial charge is 0.124 e. The third-order valence-corrected chi connectivity index (χ3v) is 4.27. The van der Waals surface area contributed by atoms with Gasteiger partial charge in [-0.2, -0.15) is 0 Å². The number of nitrogens with two attached hydrogens (primary N) is 1. The molecule has 112 valence electrons. The van der Waals surface area contributed by atoms with Gasteiger partial charge >= 0.3 is 0 Å². The maximum absolute atomic E-state index is 13.1. The third-order valence-electron chi connectivity index (χ3n) is 3.29. The van der Waals surface area contributed by atoms with E-state index in [0.717, 1.165) is 6.07 Å². The van der Waals surface area contributed by atoms with E-state index < -0.39 is 17.8 Å². The summed E-state index contributed by atoms with van der Waals surface area (Å²) >= 11 is 18.3. The van der Waals surface area contributed by atoms with Gasteiger partial charge in [-0.25, -0.2) is 4.39 Å². The van der Waals surface area contributed by atoms with Crippen LogP contribution in [0.4, 0.5) is 4.39 Å². The van der Waals surface area contributed by atoms with Gasteiger partial charge in [-0.15, -0.1) is 0 Å². The van der Waals surface area contributed by atoms with Crippen LogP contribution in [0, 0.1) is 5.82 Å². The topological polar surface area (TPSA) is 46.2 Å². The van der Waals surface area contributed by atoms with E-state index in [0.29, 0.717) is 21.2 Å². The van der Waals surface area contributed by atoms with Crippen LogP contribution in [0.1, 0.15) is 23.1 Å². The summed E-state index contributed by atoms with van der Waals surface area (Å²) in [7, 11) is 0. The number of rotatable bonds is 4. The lowest BCUT2D eigenvalue weighted by molar-refractivity contribution is 0.147. The van der Waals surface area contributed by atoms with Crippen LogP contribution < -0.4 is 5.73 Å². The van der Waals surface area contributed by atoms with Crippen LogP contribution in [0.3, 0.4) is 0 Å². The first-order valence-corrected chi connectivity index (χ1v) is 7.36. The van der Waals surface area contributed by atoms with Crippen LogP contribution in [0.5, 0.6) is 0 Å². The van der Waals surface area contributed by atoms with Gasteiger partial charge in [-0.1, -0.05) is 46.9 Å². The molecule has 2 atom stereocenters.